The molecule has 2 aliphatic heterocycles. The summed E-state index contributed by atoms with van der Waals surface area (Å²) in [6.45, 7) is 2.63. The predicted molar refractivity (Wildman–Crippen MR) is 131 cm³/mol. The van der Waals surface area contributed by atoms with Crippen LogP contribution >= 0.6 is 0 Å². The minimum absolute atomic E-state index is 0.0414. The van der Waals surface area contributed by atoms with Crippen LogP contribution in [0.5, 0.6) is 0 Å². The van der Waals surface area contributed by atoms with Gasteiger partial charge in [-0.2, -0.15) is 0 Å². The van der Waals surface area contributed by atoms with Gasteiger partial charge in [0.25, 0.3) is 5.91 Å². The lowest BCUT2D eigenvalue weighted by molar-refractivity contribution is -0.117. The lowest BCUT2D eigenvalue weighted by Crippen LogP contribution is -2.31. The molecule has 0 unspecified atom stereocenters. The molecular formula is C27H28N4O2. The predicted octanol–water partition coefficient (Wildman–Crippen LogP) is 4.46. The first kappa shape index (κ1) is 21.2. The summed E-state index contributed by atoms with van der Waals surface area (Å²) in [5.41, 5.74) is 5.22. The van der Waals surface area contributed by atoms with E-state index in [0.29, 0.717) is 12.1 Å². The van der Waals surface area contributed by atoms with Crippen molar-refractivity contribution in [3.8, 4) is 0 Å². The minimum Gasteiger partial charge on any atom is -0.371 e. The van der Waals surface area contributed by atoms with Gasteiger partial charge in [0.1, 0.15) is 0 Å². The van der Waals surface area contributed by atoms with Crippen LogP contribution in [0.15, 0.2) is 66.9 Å². The summed E-state index contributed by atoms with van der Waals surface area (Å²) in [7, 11) is 0. The quantitative estimate of drug-likeness (QED) is 0.636. The van der Waals surface area contributed by atoms with Gasteiger partial charge in [-0.25, -0.2) is 0 Å². The zero-order valence-electron chi connectivity index (χ0n) is 18.7. The number of nitrogens with zero attached hydrogens (tertiary/aromatic N) is 3. The number of fused-ring (bicyclic) bond motifs is 1. The van der Waals surface area contributed by atoms with E-state index in [-0.39, 0.29) is 18.2 Å². The van der Waals surface area contributed by atoms with Crippen molar-refractivity contribution >= 4 is 28.9 Å². The number of pyridine rings is 1. The number of benzene rings is 2. The van der Waals surface area contributed by atoms with Crippen LogP contribution in [-0.4, -0.2) is 36.4 Å². The average Bonchev–Trinajstić information content (AvgIpc) is 3.29. The number of aromatic nitrogens is 1. The van der Waals surface area contributed by atoms with Crippen LogP contribution in [0.4, 0.5) is 17.1 Å². The van der Waals surface area contributed by atoms with E-state index in [1.165, 1.54) is 6.42 Å². The number of amides is 2. The van der Waals surface area contributed by atoms with E-state index < -0.39 is 0 Å². The third-order valence-corrected chi connectivity index (χ3v) is 6.44. The van der Waals surface area contributed by atoms with Crippen LogP contribution < -0.4 is 15.1 Å². The topological polar surface area (TPSA) is 65.5 Å². The lowest BCUT2D eigenvalue weighted by Gasteiger charge is -2.30. The Balaban J connectivity index is 1.30. The van der Waals surface area contributed by atoms with Crippen LogP contribution in [-0.2, 0) is 17.6 Å². The highest BCUT2D eigenvalue weighted by Gasteiger charge is 2.25. The molecule has 5 rings (SSSR count). The van der Waals surface area contributed by atoms with E-state index in [1.54, 1.807) is 6.20 Å². The fourth-order valence-electron chi connectivity index (χ4n) is 4.77. The van der Waals surface area contributed by atoms with Gasteiger partial charge in [-0.1, -0.05) is 18.2 Å². The second kappa shape index (κ2) is 9.45. The Kier molecular flexibility index (Phi) is 6.07. The second-order valence-corrected chi connectivity index (χ2v) is 8.66. The molecule has 0 atom stereocenters. The Morgan fingerprint density at radius 1 is 0.879 bits per heavy atom. The summed E-state index contributed by atoms with van der Waals surface area (Å²) in [6.07, 6.45) is 6.34. The van der Waals surface area contributed by atoms with Gasteiger partial charge in [-0.15, -0.1) is 0 Å². The molecule has 3 aromatic rings. The summed E-state index contributed by atoms with van der Waals surface area (Å²) in [5, 5.41) is 3.07. The molecular weight excluding hydrogens is 412 g/mol. The van der Waals surface area contributed by atoms with Crippen molar-refractivity contribution in [3.63, 3.8) is 0 Å². The molecule has 2 aromatic carbocycles. The standard InChI is InChI=1S/C27H28N4O2/c32-26(19-21-8-4-5-14-28-21)31-17-13-20-18-22(11-12-24(20)31)29-27(33)23-9-2-3-10-25(23)30-15-6-1-7-16-30/h2-5,8-12,14,18H,1,6-7,13,15-17,19H2,(H,29,33). The maximum absolute atomic E-state index is 13.1. The summed E-state index contributed by atoms with van der Waals surface area (Å²) in [5.74, 6) is -0.0584. The first-order chi connectivity index (χ1) is 16.2. The summed E-state index contributed by atoms with van der Waals surface area (Å²) in [6, 6.07) is 19.3. The van der Waals surface area contributed by atoms with Crippen LogP contribution in [0.1, 0.15) is 40.9 Å². The van der Waals surface area contributed by atoms with E-state index in [2.05, 4.69) is 15.2 Å². The molecule has 0 bridgehead atoms. The van der Waals surface area contributed by atoms with Crippen LogP contribution in [0.3, 0.4) is 0 Å². The van der Waals surface area contributed by atoms with Crippen molar-refractivity contribution in [2.45, 2.75) is 32.1 Å². The van der Waals surface area contributed by atoms with Crippen molar-refractivity contribution in [1.29, 1.82) is 0 Å². The van der Waals surface area contributed by atoms with Gasteiger partial charge in [0.2, 0.25) is 5.91 Å². The van der Waals surface area contributed by atoms with Crippen LogP contribution in [0.25, 0.3) is 0 Å². The van der Waals surface area contributed by atoms with Crippen molar-refractivity contribution in [2.75, 3.05) is 34.8 Å². The van der Waals surface area contributed by atoms with Crippen molar-refractivity contribution < 1.29 is 9.59 Å². The third kappa shape index (κ3) is 4.60. The first-order valence-corrected chi connectivity index (χ1v) is 11.7. The average molecular weight is 441 g/mol. The van der Waals surface area contributed by atoms with E-state index in [0.717, 1.165) is 60.7 Å². The highest BCUT2D eigenvalue weighted by Crippen LogP contribution is 2.32. The van der Waals surface area contributed by atoms with Crippen molar-refractivity contribution in [1.82, 2.24) is 4.98 Å². The minimum atomic E-state index is -0.0998. The number of nitrogens with one attached hydrogen (secondary N) is 1. The molecule has 6 nitrogen and oxygen atoms in total. The number of anilines is 3. The maximum atomic E-state index is 13.1. The van der Waals surface area contributed by atoms with Gasteiger partial charge < -0.3 is 15.1 Å². The lowest BCUT2D eigenvalue weighted by atomic mass is 10.1. The molecule has 33 heavy (non-hydrogen) atoms. The van der Waals surface area contributed by atoms with Gasteiger partial charge in [0.15, 0.2) is 0 Å². The molecule has 3 heterocycles. The summed E-state index contributed by atoms with van der Waals surface area (Å²) < 4.78 is 0. The number of hydrogen-bond acceptors (Lipinski definition) is 4. The van der Waals surface area contributed by atoms with Crippen LogP contribution in [0.2, 0.25) is 0 Å². The summed E-state index contributed by atoms with van der Waals surface area (Å²) >= 11 is 0. The number of hydrogen-bond donors (Lipinski definition) is 1. The molecule has 2 amide bonds. The molecule has 1 fully saturated rings. The molecule has 0 spiro atoms. The largest absolute Gasteiger partial charge is 0.371 e. The summed E-state index contributed by atoms with van der Waals surface area (Å²) in [4.78, 5) is 34.4. The SMILES string of the molecule is O=C(Nc1ccc2c(c1)CCN2C(=O)Cc1ccccn1)c1ccccc1N1CCCCC1. The third-order valence-electron chi connectivity index (χ3n) is 6.44. The number of carbonyl (C=O) groups excluding carboxylic acids is 2. The van der Waals surface area contributed by atoms with Crippen LogP contribution in [0, 0.1) is 0 Å². The molecule has 0 saturated carbocycles. The Morgan fingerprint density at radius 3 is 2.52 bits per heavy atom. The Hall–Kier alpha value is -3.67. The van der Waals surface area contributed by atoms with E-state index >= 15 is 0 Å². The zero-order valence-corrected chi connectivity index (χ0v) is 18.7. The zero-order chi connectivity index (χ0) is 22.6. The molecule has 168 valence electrons. The number of rotatable bonds is 5. The molecule has 1 aromatic heterocycles. The number of para-hydroxylation sites is 1. The number of carbonyl (C=O) groups is 2. The Bertz CT molecular complexity index is 1160. The monoisotopic (exact) mass is 440 g/mol. The van der Waals surface area contributed by atoms with Gasteiger partial charge in [0.05, 0.1) is 12.0 Å². The number of piperidine rings is 1. The van der Waals surface area contributed by atoms with Gasteiger partial charge >= 0.3 is 0 Å². The van der Waals surface area contributed by atoms with Crippen molar-refractivity contribution in [2.24, 2.45) is 0 Å². The molecule has 0 aliphatic carbocycles. The van der Waals surface area contributed by atoms with E-state index in [4.69, 9.17) is 0 Å². The van der Waals surface area contributed by atoms with Crippen molar-refractivity contribution in [3.05, 3.63) is 83.7 Å². The molecule has 1 N–H and O–H groups in total. The van der Waals surface area contributed by atoms with E-state index in [1.807, 2.05) is 65.6 Å². The fourth-order valence-corrected chi connectivity index (χ4v) is 4.77. The maximum Gasteiger partial charge on any atom is 0.257 e. The fraction of sp³-hybridized carbons (Fsp3) is 0.296. The molecule has 2 aliphatic rings. The second-order valence-electron chi connectivity index (χ2n) is 8.66. The molecule has 6 heteroatoms. The highest BCUT2D eigenvalue weighted by atomic mass is 16.2. The molecule has 1 saturated heterocycles. The Labute approximate surface area is 194 Å². The van der Waals surface area contributed by atoms with Gasteiger partial charge in [-0.05, 0) is 73.7 Å². The van der Waals surface area contributed by atoms with E-state index in [9.17, 15) is 9.59 Å². The molecule has 0 radical (unpaired) electrons. The normalized spacial score (nSPS) is 15.3. The first-order valence-electron chi connectivity index (χ1n) is 11.7. The van der Waals surface area contributed by atoms with Gasteiger partial charge in [-0.3, -0.25) is 14.6 Å². The smallest absolute Gasteiger partial charge is 0.257 e. The Morgan fingerprint density at radius 2 is 1.70 bits per heavy atom. The van der Waals surface area contributed by atoms with Gasteiger partial charge in [0, 0.05) is 48.6 Å². The highest BCUT2D eigenvalue weighted by molar-refractivity contribution is 6.08.